The summed E-state index contributed by atoms with van der Waals surface area (Å²) in [6, 6.07) is 6.05. The van der Waals surface area contributed by atoms with Gasteiger partial charge in [-0.3, -0.25) is 0 Å². The average Bonchev–Trinajstić information content (AvgIpc) is 3.50. The van der Waals surface area contributed by atoms with Gasteiger partial charge >= 0.3 is 0 Å². The molecule has 0 unspecified atom stereocenters. The lowest BCUT2D eigenvalue weighted by Gasteiger charge is -2.12. The molecule has 1 aliphatic carbocycles. The molecule has 0 spiro atoms. The molecule has 0 saturated heterocycles. The molecule has 0 radical (unpaired) electrons. The van der Waals surface area contributed by atoms with Crippen LogP contribution in [0.1, 0.15) is 17.0 Å². The number of fused-ring (bicyclic) bond motifs is 1. The Morgan fingerprint density at radius 2 is 2.27 bits per heavy atom. The fraction of sp³-hybridized carbons (Fsp3) is 0.316. The minimum Gasteiger partial charge on any atom is -0.494 e. The lowest BCUT2D eigenvalue weighted by Crippen LogP contribution is -2.07. The molecule has 1 aliphatic rings. The number of hydrogen-bond acceptors (Lipinski definition) is 6. The highest BCUT2D eigenvalue weighted by Crippen LogP contribution is 2.33. The summed E-state index contributed by atoms with van der Waals surface area (Å²) in [4.78, 5) is 13.4. The third-order valence-corrected chi connectivity index (χ3v) is 4.89. The van der Waals surface area contributed by atoms with E-state index in [1.54, 1.807) is 12.3 Å². The smallest absolute Gasteiger partial charge is 0.187 e. The highest BCUT2D eigenvalue weighted by molar-refractivity contribution is 7.98. The van der Waals surface area contributed by atoms with E-state index in [9.17, 15) is 4.39 Å². The van der Waals surface area contributed by atoms with Gasteiger partial charge in [0.1, 0.15) is 5.52 Å². The number of ether oxygens (including phenoxy) is 1. The topological polar surface area (TPSA) is 59.9 Å². The summed E-state index contributed by atoms with van der Waals surface area (Å²) in [5, 5.41) is 4.67. The van der Waals surface area contributed by atoms with Crippen molar-refractivity contribution >= 4 is 28.5 Å². The average molecular weight is 373 g/mol. The molecular formula is C19H19FN4OS. The van der Waals surface area contributed by atoms with Gasteiger partial charge in [-0.2, -0.15) is 0 Å². The molecule has 1 N–H and O–H groups in total. The van der Waals surface area contributed by atoms with Crippen molar-refractivity contribution in [2.45, 2.75) is 18.0 Å². The number of methoxy groups -OCH3 is 1. The van der Waals surface area contributed by atoms with Crippen LogP contribution in [0.5, 0.6) is 5.75 Å². The van der Waals surface area contributed by atoms with Crippen LogP contribution in [-0.2, 0) is 0 Å². The Bertz CT molecular complexity index is 1060. The van der Waals surface area contributed by atoms with Crippen molar-refractivity contribution < 1.29 is 13.2 Å². The van der Waals surface area contributed by atoms with E-state index in [2.05, 4.69) is 20.3 Å². The Labute approximate surface area is 159 Å². The van der Waals surface area contributed by atoms with Gasteiger partial charge in [0.05, 0.1) is 16.8 Å². The first-order chi connectivity index (χ1) is 13.8. The molecule has 2 heterocycles. The van der Waals surface area contributed by atoms with Gasteiger partial charge in [-0.05, 0) is 43.2 Å². The van der Waals surface area contributed by atoms with Crippen LogP contribution in [-0.4, -0.2) is 34.8 Å². The number of benzene rings is 1. The van der Waals surface area contributed by atoms with E-state index in [0.717, 1.165) is 6.54 Å². The van der Waals surface area contributed by atoms with Crippen LogP contribution in [0.2, 0.25) is 0 Å². The first-order valence-electron chi connectivity index (χ1n) is 9.77. The monoisotopic (exact) mass is 373 g/mol. The maximum absolute atomic E-state index is 15.0. The van der Waals surface area contributed by atoms with Gasteiger partial charge in [0.15, 0.2) is 22.5 Å². The number of nitrogens with one attached hydrogen (secondary N) is 1. The third-order valence-electron chi connectivity index (χ3n) is 4.33. The van der Waals surface area contributed by atoms with Gasteiger partial charge < -0.3 is 10.1 Å². The summed E-state index contributed by atoms with van der Waals surface area (Å²) >= 11 is 1.43. The second-order valence-electron chi connectivity index (χ2n) is 6.19. The Hall–Kier alpha value is -2.41. The summed E-state index contributed by atoms with van der Waals surface area (Å²) in [5.41, 5.74) is 1.17. The number of aromatic nitrogens is 3. The minimum atomic E-state index is -2.74. The van der Waals surface area contributed by atoms with Crippen molar-refractivity contribution in [1.29, 1.82) is 0 Å². The van der Waals surface area contributed by atoms with Gasteiger partial charge in [0, 0.05) is 23.7 Å². The predicted octanol–water partition coefficient (Wildman–Crippen LogP) is 4.38. The molecule has 0 bridgehead atoms. The van der Waals surface area contributed by atoms with Gasteiger partial charge in [-0.15, -0.1) is 0 Å². The van der Waals surface area contributed by atoms with E-state index in [-0.39, 0.29) is 11.3 Å². The normalized spacial score (nSPS) is 16.0. The summed E-state index contributed by atoms with van der Waals surface area (Å²) in [6.45, 7) is 0.773. The summed E-state index contributed by atoms with van der Waals surface area (Å²) in [6.07, 6.45) is 5.94. The summed E-state index contributed by atoms with van der Waals surface area (Å²) in [5.74, 6) is 0.0601. The molecule has 1 saturated carbocycles. The SMILES string of the molecule is [2H]C([2H])([2H])Oc1cccc(-c2cc3cnc(SC)nc3c(NCC3CC3)n2)c1F. The lowest BCUT2D eigenvalue weighted by atomic mass is 10.1. The van der Waals surface area contributed by atoms with Crippen LogP contribution in [0.3, 0.4) is 0 Å². The van der Waals surface area contributed by atoms with Crippen LogP contribution < -0.4 is 10.1 Å². The number of pyridine rings is 1. The number of halogens is 1. The number of thioether (sulfide) groups is 1. The molecule has 1 fully saturated rings. The second-order valence-corrected chi connectivity index (χ2v) is 6.97. The molecule has 26 heavy (non-hydrogen) atoms. The van der Waals surface area contributed by atoms with Crippen molar-refractivity contribution in [3.05, 3.63) is 36.3 Å². The van der Waals surface area contributed by atoms with Crippen LogP contribution in [0.15, 0.2) is 35.6 Å². The quantitative estimate of drug-likeness (QED) is 0.511. The molecule has 4 rings (SSSR count). The Balaban J connectivity index is 1.80. The molecule has 1 aromatic carbocycles. The van der Waals surface area contributed by atoms with Crippen LogP contribution in [0, 0.1) is 11.7 Å². The molecule has 7 heteroatoms. The fourth-order valence-electron chi connectivity index (χ4n) is 2.73. The lowest BCUT2D eigenvalue weighted by molar-refractivity contribution is 0.387. The van der Waals surface area contributed by atoms with Crippen molar-refractivity contribution in [3.63, 3.8) is 0 Å². The standard InChI is InChI=1S/C19H19FN4OS/c1-25-15-5-3-4-13(16(15)20)14-8-12-10-22-19(26-2)24-17(12)18(23-14)21-9-11-6-7-11/h3-5,8,10-11H,6-7,9H2,1-2H3,(H,21,23)/i1D3. The molecule has 0 aliphatic heterocycles. The fourth-order valence-corrected chi connectivity index (χ4v) is 3.07. The van der Waals surface area contributed by atoms with E-state index >= 15 is 0 Å². The number of hydrogen-bond donors (Lipinski definition) is 1. The third kappa shape index (κ3) is 3.31. The van der Waals surface area contributed by atoms with Crippen molar-refractivity contribution in [1.82, 2.24) is 15.0 Å². The Morgan fingerprint density at radius 1 is 1.38 bits per heavy atom. The van der Waals surface area contributed by atoms with E-state index < -0.39 is 12.9 Å². The number of rotatable bonds is 6. The van der Waals surface area contributed by atoms with Gasteiger partial charge in [-0.1, -0.05) is 17.8 Å². The highest BCUT2D eigenvalue weighted by atomic mass is 32.2. The molecule has 0 amide bonds. The highest BCUT2D eigenvalue weighted by Gasteiger charge is 2.22. The zero-order valence-corrected chi connectivity index (χ0v) is 14.9. The zero-order chi connectivity index (χ0) is 20.6. The van der Waals surface area contributed by atoms with Crippen LogP contribution in [0.4, 0.5) is 10.2 Å². The molecule has 5 nitrogen and oxygen atoms in total. The number of anilines is 1. The first-order valence-corrected chi connectivity index (χ1v) is 9.50. The molecule has 0 atom stereocenters. The van der Waals surface area contributed by atoms with Crippen molar-refractivity contribution in [2.24, 2.45) is 5.92 Å². The largest absolute Gasteiger partial charge is 0.494 e. The van der Waals surface area contributed by atoms with E-state index in [0.29, 0.717) is 33.5 Å². The second kappa shape index (κ2) is 7.07. The van der Waals surface area contributed by atoms with Gasteiger partial charge in [-0.25, -0.2) is 19.3 Å². The van der Waals surface area contributed by atoms with E-state index in [4.69, 9.17) is 8.85 Å². The van der Waals surface area contributed by atoms with E-state index in [1.807, 2.05) is 6.26 Å². The Kier molecular flexibility index (Phi) is 3.74. The molecule has 2 aromatic heterocycles. The molecular weight excluding hydrogens is 351 g/mol. The predicted molar refractivity (Wildman–Crippen MR) is 102 cm³/mol. The summed E-state index contributed by atoms with van der Waals surface area (Å²) in [7, 11) is -2.74. The maximum atomic E-state index is 15.0. The minimum absolute atomic E-state index is 0.150. The van der Waals surface area contributed by atoms with Gasteiger partial charge in [0.25, 0.3) is 0 Å². The molecule has 134 valence electrons. The zero-order valence-electron chi connectivity index (χ0n) is 17.1. The van der Waals surface area contributed by atoms with E-state index in [1.165, 1.54) is 42.8 Å². The first kappa shape index (κ1) is 13.7. The van der Waals surface area contributed by atoms with Crippen molar-refractivity contribution in [3.8, 4) is 17.0 Å². The van der Waals surface area contributed by atoms with Gasteiger partial charge in [0.2, 0.25) is 0 Å². The van der Waals surface area contributed by atoms with Crippen LogP contribution in [0.25, 0.3) is 22.2 Å². The van der Waals surface area contributed by atoms with Crippen LogP contribution >= 0.6 is 11.8 Å². The maximum Gasteiger partial charge on any atom is 0.187 e. The Morgan fingerprint density at radius 3 is 3.04 bits per heavy atom. The number of nitrogens with zero attached hydrogens (tertiary/aromatic N) is 3. The summed E-state index contributed by atoms with van der Waals surface area (Å²) < 4.78 is 41.4. The molecule has 3 aromatic rings. The van der Waals surface area contributed by atoms with Crippen molar-refractivity contribution in [2.75, 3.05) is 25.2 Å².